The van der Waals surface area contributed by atoms with Crippen LogP contribution >= 0.6 is 11.3 Å². The van der Waals surface area contributed by atoms with Gasteiger partial charge in [0.25, 0.3) is 5.56 Å². The molecule has 6 nitrogen and oxygen atoms in total. The van der Waals surface area contributed by atoms with E-state index in [1.54, 1.807) is 31.2 Å². The first kappa shape index (κ1) is 22.4. The molecule has 162 valence electrons. The molecule has 2 heterocycles. The Balaban J connectivity index is 0.00000272. The number of rotatable bonds is 4. The summed E-state index contributed by atoms with van der Waals surface area (Å²) < 4.78 is 40.4. The van der Waals surface area contributed by atoms with E-state index in [2.05, 4.69) is 10.1 Å². The zero-order valence-corrected chi connectivity index (χ0v) is 16.3. The van der Waals surface area contributed by atoms with Crippen molar-refractivity contribution in [3.05, 3.63) is 64.1 Å². The molecule has 2 aromatic carbocycles. The fourth-order valence-electron chi connectivity index (χ4n) is 3.27. The lowest BCUT2D eigenvalue weighted by molar-refractivity contribution is -0.139. The first-order valence-corrected chi connectivity index (χ1v) is 9.75. The third kappa shape index (κ3) is 3.90. The fraction of sp³-hybridized carbons (Fsp3) is 0.238. The molecule has 4 rings (SSSR count). The summed E-state index contributed by atoms with van der Waals surface area (Å²) >= 11 is 1.00. The Morgan fingerprint density at radius 2 is 1.87 bits per heavy atom. The van der Waals surface area contributed by atoms with E-state index in [1.807, 2.05) is 0 Å². The normalized spacial score (nSPS) is 12.6. The molecule has 1 atom stereocenters. The number of benzene rings is 2. The van der Waals surface area contributed by atoms with Gasteiger partial charge >= 0.3 is 12.1 Å². The smallest absolute Gasteiger partial charge is 0.416 e. The topological polar surface area (TPSA) is 85.1 Å². The zero-order chi connectivity index (χ0) is 21.6. The number of thiazole rings is 1. The Morgan fingerprint density at radius 1 is 1.19 bits per heavy atom. The molecule has 10 heteroatoms. The minimum Gasteiger partial charge on any atom is -0.481 e. The number of carboxylic acids is 1. The predicted molar refractivity (Wildman–Crippen MR) is 113 cm³/mol. The number of carboxylic acid groups (broad SMARTS) is 1. The summed E-state index contributed by atoms with van der Waals surface area (Å²) in [7, 11) is 0. The Morgan fingerprint density at radius 3 is 2.48 bits per heavy atom. The van der Waals surface area contributed by atoms with Gasteiger partial charge in [0.05, 0.1) is 26.9 Å². The van der Waals surface area contributed by atoms with Crippen molar-refractivity contribution in [1.29, 1.82) is 0 Å². The molecule has 1 N–H and O–H groups in total. The summed E-state index contributed by atoms with van der Waals surface area (Å²) in [6.45, 7) is 1.70. The molecule has 4 aromatic rings. The van der Waals surface area contributed by atoms with Crippen LogP contribution in [0.1, 0.15) is 37.9 Å². The summed E-state index contributed by atoms with van der Waals surface area (Å²) in [5, 5.41) is 14.6. The number of hydrogen-bond acceptors (Lipinski definition) is 5. The van der Waals surface area contributed by atoms with Gasteiger partial charge in [-0.05, 0) is 30.7 Å². The minimum atomic E-state index is -4.51. The highest BCUT2D eigenvalue weighted by molar-refractivity contribution is 7.20. The second kappa shape index (κ2) is 8.10. The van der Waals surface area contributed by atoms with Crippen LogP contribution in [-0.2, 0) is 11.0 Å². The summed E-state index contributed by atoms with van der Waals surface area (Å²) in [5.41, 5.74) is -1.08. The largest absolute Gasteiger partial charge is 0.481 e. The summed E-state index contributed by atoms with van der Waals surface area (Å²) in [6.07, 6.45) is -4.27. The molecular weight excluding hydrogens is 431 g/mol. The Bertz CT molecular complexity index is 1340. The lowest BCUT2D eigenvalue weighted by Crippen LogP contribution is -2.25. The molecule has 0 bridgehead atoms. The number of carbonyl (C=O) groups is 1. The molecule has 0 saturated carbocycles. The number of halogens is 3. The minimum absolute atomic E-state index is 0. The van der Waals surface area contributed by atoms with Gasteiger partial charge in [0.1, 0.15) is 5.92 Å². The molecule has 0 spiro atoms. The van der Waals surface area contributed by atoms with Crippen molar-refractivity contribution < 1.29 is 23.1 Å². The molecule has 2 aromatic heterocycles. The van der Waals surface area contributed by atoms with E-state index in [4.69, 9.17) is 0 Å². The summed E-state index contributed by atoms with van der Waals surface area (Å²) in [5.74, 6) is -2.03. The number of nitrogens with zero attached hydrogens (tertiary/aromatic N) is 3. The maximum atomic E-state index is 13.0. The third-order valence-corrected chi connectivity index (χ3v) is 5.77. The Kier molecular flexibility index (Phi) is 5.86. The summed E-state index contributed by atoms with van der Waals surface area (Å²) in [6, 6.07) is 9.67. The van der Waals surface area contributed by atoms with Crippen LogP contribution in [0.2, 0.25) is 0 Å². The maximum absolute atomic E-state index is 13.0. The molecule has 31 heavy (non-hydrogen) atoms. The number of alkyl halides is 3. The quantitative estimate of drug-likeness (QED) is 0.461. The molecule has 0 radical (unpaired) electrons. The molecule has 0 saturated heterocycles. The van der Waals surface area contributed by atoms with Crippen molar-refractivity contribution in [2.24, 2.45) is 0 Å². The molecule has 0 amide bonds. The van der Waals surface area contributed by atoms with Gasteiger partial charge in [-0.2, -0.15) is 23.0 Å². The standard InChI is InChI=1S/C20H14F3N3O3S.CH4/c1-2-11(18(28)29)16-12-5-3-4-6-13(12)17(27)26(25-16)19-24-14-9-10(20(21,22)23)7-8-15(14)30-19;/h3-9,11H,2H2,1H3,(H,28,29);1H4. The SMILES string of the molecule is C.CCC(C(=O)O)c1nn(-c2nc3cc(C(F)(F)F)ccc3s2)c(=O)c2ccccc12. The van der Waals surface area contributed by atoms with Gasteiger partial charge in [-0.15, -0.1) is 0 Å². The van der Waals surface area contributed by atoms with E-state index in [-0.39, 0.29) is 35.6 Å². The van der Waals surface area contributed by atoms with E-state index in [9.17, 15) is 27.9 Å². The second-order valence-electron chi connectivity index (χ2n) is 6.62. The van der Waals surface area contributed by atoms with Crippen molar-refractivity contribution in [2.75, 3.05) is 0 Å². The van der Waals surface area contributed by atoms with Crippen LogP contribution in [0.4, 0.5) is 13.2 Å². The van der Waals surface area contributed by atoms with E-state index in [0.29, 0.717) is 10.1 Å². The highest BCUT2D eigenvalue weighted by Gasteiger charge is 2.31. The second-order valence-corrected chi connectivity index (χ2v) is 7.63. The van der Waals surface area contributed by atoms with Crippen LogP contribution < -0.4 is 5.56 Å². The highest BCUT2D eigenvalue weighted by Crippen LogP contribution is 2.33. The molecular formula is C21H18F3N3O3S. The number of fused-ring (bicyclic) bond motifs is 2. The van der Waals surface area contributed by atoms with Crippen molar-refractivity contribution in [2.45, 2.75) is 32.9 Å². The van der Waals surface area contributed by atoms with Gasteiger partial charge in [-0.3, -0.25) is 9.59 Å². The molecule has 0 aliphatic heterocycles. The van der Waals surface area contributed by atoms with Crippen molar-refractivity contribution in [3.8, 4) is 5.13 Å². The third-order valence-electron chi connectivity index (χ3n) is 4.75. The van der Waals surface area contributed by atoms with E-state index in [0.717, 1.165) is 28.2 Å². The highest BCUT2D eigenvalue weighted by atomic mass is 32.1. The fourth-order valence-corrected chi connectivity index (χ4v) is 4.16. The maximum Gasteiger partial charge on any atom is 0.416 e. The van der Waals surface area contributed by atoms with Gasteiger partial charge in [-0.25, -0.2) is 4.98 Å². The van der Waals surface area contributed by atoms with Crippen LogP contribution in [0.5, 0.6) is 0 Å². The van der Waals surface area contributed by atoms with Gasteiger partial charge in [0.15, 0.2) is 0 Å². The Labute approximate surface area is 178 Å². The zero-order valence-electron chi connectivity index (χ0n) is 15.5. The number of aliphatic carboxylic acids is 1. The lowest BCUT2D eigenvalue weighted by atomic mass is 9.98. The molecule has 0 fully saturated rings. The molecule has 0 aliphatic rings. The average molecular weight is 449 g/mol. The average Bonchev–Trinajstić information content (AvgIpc) is 3.12. The van der Waals surface area contributed by atoms with Crippen LogP contribution in [0, 0.1) is 0 Å². The monoisotopic (exact) mass is 449 g/mol. The predicted octanol–water partition coefficient (Wildman–Crippen LogP) is 5.23. The number of hydrogen-bond donors (Lipinski definition) is 1. The molecule has 1 unspecified atom stereocenters. The molecule has 0 aliphatic carbocycles. The van der Waals surface area contributed by atoms with Crippen LogP contribution in [-0.4, -0.2) is 25.8 Å². The lowest BCUT2D eigenvalue weighted by Gasteiger charge is -2.14. The Hall–Kier alpha value is -3.27. The van der Waals surface area contributed by atoms with Crippen molar-refractivity contribution in [1.82, 2.24) is 14.8 Å². The van der Waals surface area contributed by atoms with Crippen LogP contribution in [0.25, 0.3) is 26.1 Å². The van der Waals surface area contributed by atoms with Crippen LogP contribution in [0.3, 0.4) is 0 Å². The first-order valence-electron chi connectivity index (χ1n) is 8.93. The van der Waals surface area contributed by atoms with Crippen molar-refractivity contribution in [3.63, 3.8) is 0 Å². The van der Waals surface area contributed by atoms with Gasteiger partial charge < -0.3 is 5.11 Å². The van der Waals surface area contributed by atoms with E-state index in [1.165, 1.54) is 6.07 Å². The van der Waals surface area contributed by atoms with Crippen molar-refractivity contribution >= 4 is 38.3 Å². The van der Waals surface area contributed by atoms with E-state index < -0.39 is 29.2 Å². The van der Waals surface area contributed by atoms with Gasteiger partial charge in [-0.1, -0.05) is 43.9 Å². The van der Waals surface area contributed by atoms with Gasteiger partial charge in [0.2, 0.25) is 5.13 Å². The number of aromatic nitrogens is 3. The first-order chi connectivity index (χ1) is 14.2. The van der Waals surface area contributed by atoms with Crippen LogP contribution in [0.15, 0.2) is 47.3 Å². The van der Waals surface area contributed by atoms with E-state index >= 15 is 0 Å². The van der Waals surface area contributed by atoms with Gasteiger partial charge in [0, 0.05) is 5.39 Å². The summed E-state index contributed by atoms with van der Waals surface area (Å²) in [4.78, 5) is 28.9.